The zero-order chi connectivity index (χ0) is 18.1. The number of hydrogen-bond donors (Lipinski definition) is 2. The second-order valence-corrected chi connectivity index (χ2v) is 6.64. The molecule has 2 N–H and O–H groups in total. The van der Waals surface area contributed by atoms with Gasteiger partial charge in [0.05, 0.1) is 17.8 Å². The molecule has 0 atom stereocenters. The number of carbonyl (C=O) groups is 2. The zero-order valence-corrected chi connectivity index (χ0v) is 15.4. The molecule has 25 heavy (non-hydrogen) atoms. The second kappa shape index (κ2) is 6.91. The molecule has 3 heterocycles. The Bertz CT molecular complexity index is 960. The van der Waals surface area contributed by atoms with Crippen LogP contribution in [0.1, 0.15) is 21.0 Å². The van der Waals surface area contributed by atoms with Crippen LogP contribution in [0.15, 0.2) is 23.7 Å². The van der Waals surface area contributed by atoms with E-state index in [0.717, 1.165) is 0 Å². The summed E-state index contributed by atoms with van der Waals surface area (Å²) < 4.78 is 6.13. The predicted octanol–water partition coefficient (Wildman–Crippen LogP) is 3.82. The normalized spacial score (nSPS) is 10.7. The number of aromatic nitrogens is 3. The lowest BCUT2D eigenvalue weighted by molar-refractivity contribution is 0.0594. The Morgan fingerprint density at radius 2 is 2.12 bits per heavy atom. The highest BCUT2D eigenvalue weighted by Crippen LogP contribution is 2.28. The summed E-state index contributed by atoms with van der Waals surface area (Å²) in [6.07, 6.45) is 1.64. The van der Waals surface area contributed by atoms with E-state index in [4.69, 9.17) is 23.2 Å². The number of nitrogens with zero attached hydrogens (tertiary/aromatic N) is 2. The number of thiazole rings is 1. The lowest BCUT2D eigenvalue weighted by Crippen LogP contribution is -2.15. The van der Waals surface area contributed by atoms with Crippen LogP contribution in [0.2, 0.25) is 10.2 Å². The molecular formula is C15H12Cl2N4O3S. The van der Waals surface area contributed by atoms with E-state index in [9.17, 15) is 9.59 Å². The number of anilines is 1. The van der Waals surface area contributed by atoms with Gasteiger partial charge in [0.2, 0.25) is 0 Å². The minimum atomic E-state index is -0.465. The summed E-state index contributed by atoms with van der Waals surface area (Å²) in [5.41, 5.74) is 1.97. The van der Waals surface area contributed by atoms with Gasteiger partial charge in [-0.15, -0.1) is 11.3 Å². The fourth-order valence-corrected chi connectivity index (χ4v) is 3.25. The van der Waals surface area contributed by atoms with Crippen molar-refractivity contribution in [3.8, 4) is 11.3 Å². The quantitative estimate of drug-likeness (QED) is 0.653. The molecule has 3 rings (SSSR count). The van der Waals surface area contributed by atoms with Crippen LogP contribution in [-0.4, -0.2) is 33.5 Å². The molecule has 0 unspecified atom stereocenters. The van der Waals surface area contributed by atoms with Gasteiger partial charge < -0.3 is 14.3 Å². The van der Waals surface area contributed by atoms with Crippen LogP contribution in [0.5, 0.6) is 0 Å². The third kappa shape index (κ3) is 3.41. The topological polar surface area (TPSA) is 89.0 Å². The Morgan fingerprint density at radius 3 is 2.76 bits per heavy atom. The summed E-state index contributed by atoms with van der Waals surface area (Å²) in [6, 6.07) is 3.12. The Kier molecular flexibility index (Phi) is 4.85. The number of carbonyl (C=O) groups excluding carboxylic acids is 2. The fourth-order valence-electron chi connectivity index (χ4n) is 2.16. The lowest BCUT2D eigenvalue weighted by Gasteiger charge is -2.03. The maximum Gasteiger partial charge on any atom is 0.354 e. The number of aromatic amines is 1. The molecular weight excluding hydrogens is 387 g/mol. The molecule has 0 saturated heterocycles. The minimum absolute atomic E-state index is 0.286. The molecule has 7 nitrogen and oxygen atoms in total. The van der Waals surface area contributed by atoms with E-state index in [1.807, 2.05) is 0 Å². The van der Waals surface area contributed by atoms with Gasteiger partial charge in [-0.2, -0.15) is 0 Å². The first kappa shape index (κ1) is 17.5. The van der Waals surface area contributed by atoms with Crippen molar-refractivity contribution in [3.05, 3.63) is 45.3 Å². The van der Waals surface area contributed by atoms with Gasteiger partial charge in [0.1, 0.15) is 16.5 Å². The van der Waals surface area contributed by atoms with Gasteiger partial charge in [0.15, 0.2) is 5.13 Å². The average Bonchev–Trinajstić information content (AvgIpc) is 3.30. The molecule has 0 radical (unpaired) electrons. The number of amides is 1. The highest BCUT2D eigenvalue weighted by Gasteiger charge is 2.18. The molecule has 0 saturated carbocycles. The Balaban J connectivity index is 1.77. The first-order valence-corrected chi connectivity index (χ1v) is 8.59. The lowest BCUT2D eigenvalue weighted by atomic mass is 10.2. The number of methoxy groups -OCH3 is 1. The standard InChI is InChI=1S/C15H12Cl2N4O3S/c1-21-11(4-8(16)12(21)17)13(22)20-15-19-10(6-25-15)7-3-9(18-5-7)14(23)24-2/h3-6,18H,1-2H3,(H,19,20,22). The molecule has 0 aliphatic carbocycles. The van der Waals surface area contributed by atoms with Crippen molar-refractivity contribution in [1.82, 2.24) is 14.5 Å². The maximum atomic E-state index is 12.3. The Hall–Kier alpha value is -2.29. The van der Waals surface area contributed by atoms with E-state index in [-0.39, 0.29) is 11.1 Å². The highest BCUT2D eigenvalue weighted by molar-refractivity contribution is 7.14. The number of hydrogen-bond acceptors (Lipinski definition) is 5. The van der Waals surface area contributed by atoms with Gasteiger partial charge in [-0.3, -0.25) is 10.1 Å². The minimum Gasteiger partial charge on any atom is -0.464 e. The predicted molar refractivity (Wildman–Crippen MR) is 96.6 cm³/mol. The summed E-state index contributed by atoms with van der Waals surface area (Å²) in [5.74, 6) is -0.839. The van der Waals surface area contributed by atoms with Crippen molar-refractivity contribution in [2.24, 2.45) is 7.05 Å². The van der Waals surface area contributed by atoms with Gasteiger partial charge in [0, 0.05) is 24.2 Å². The molecule has 0 aliphatic heterocycles. The molecule has 0 fully saturated rings. The summed E-state index contributed by atoms with van der Waals surface area (Å²) in [5, 5.41) is 5.47. The van der Waals surface area contributed by atoms with Crippen LogP contribution in [0.3, 0.4) is 0 Å². The molecule has 3 aromatic rings. The summed E-state index contributed by atoms with van der Waals surface area (Å²) in [4.78, 5) is 31.0. The van der Waals surface area contributed by atoms with Crippen LogP contribution in [-0.2, 0) is 11.8 Å². The monoisotopic (exact) mass is 398 g/mol. The van der Waals surface area contributed by atoms with E-state index < -0.39 is 5.97 Å². The van der Waals surface area contributed by atoms with E-state index in [0.29, 0.717) is 32.8 Å². The third-order valence-corrected chi connectivity index (χ3v) is 5.06. The fraction of sp³-hybridized carbons (Fsp3) is 0.133. The van der Waals surface area contributed by atoms with Crippen LogP contribution in [0.4, 0.5) is 5.13 Å². The van der Waals surface area contributed by atoms with E-state index >= 15 is 0 Å². The van der Waals surface area contributed by atoms with E-state index in [1.165, 1.54) is 29.1 Å². The van der Waals surface area contributed by atoms with Gasteiger partial charge in [-0.05, 0) is 12.1 Å². The first-order chi connectivity index (χ1) is 11.9. The van der Waals surface area contributed by atoms with Crippen LogP contribution in [0.25, 0.3) is 11.3 Å². The molecule has 0 spiro atoms. The van der Waals surface area contributed by atoms with Crippen molar-refractivity contribution < 1.29 is 14.3 Å². The summed E-state index contributed by atoms with van der Waals surface area (Å²) in [6.45, 7) is 0. The average molecular weight is 399 g/mol. The SMILES string of the molecule is COC(=O)c1cc(-c2csc(NC(=O)c3cc(Cl)c(Cl)n3C)n2)c[nH]1. The third-order valence-electron chi connectivity index (χ3n) is 3.46. The largest absolute Gasteiger partial charge is 0.464 e. The van der Waals surface area contributed by atoms with Gasteiger partial charge in [-0.25, -0.2) is 9.78 Å². The smallest absolute Gasteiger partial charge is 0.354 e. The number of halogens is 2. The van der Waals surface area contributed by atoms with Crippen molar-refractivity contribution in [2.45, 2.75) is 0 Å². The second-order valence-electron chi connectivity index (χ2n) is 5.01. The number of H-pyrrole nitrogens is 1. The molecule has 130 valence electrons. The van der Waals surface area contributed by atoms with Crippen molar-refractivity contribution in [3.63, 3.8) is 0 Å². The molecule has 10 heteroatoms. The van der Waals surface area contributed by atoms with Crippen LogP contribution < -0.4 is 5.32 Å². The molecule has 1 amide bonds. The van der Waals surface area contributed by atoms with Crippen LogP contribution in [0, 0.1) is 0 Å². The zero-order valence-electron chi connectivity index (χ0n) is 13.1. The van der Waals surface area contributed by atoms with Gasteiger partial charge in [-0.1, -0.05) is 23.2 Å². The first-order valence-electron chi connectivity index (χ1n) is 6.95. The Labute approximate surface area is 156 Å². The van der Waals surface area contributed by atoms with E-state index in [1.54, 1.807) is 24.7 Å². The molecule has 0 aliphatic rings. The van der Waals surface area contributed by atoms with Gasteiger partial charge in [0.25, 0.3) is 5.91 Å². The molecule has 0 bridgehead atoms. The van der Waals surface area contributed by atoms with Crippen molar-refractivity contribution in [2.75, 3.05) is 12.4 Å². The number of rotatable bonds is 4. The Morgan fingerprint density at radius 1 is 1.36 bits per heavy atom. The molecule has 0 aromatic carbocycles. The molecule has 3 aromatic heterocycles. The number of ether oxygens (including phenoxy) is 1. The maximum absolute atomic E-state index is 12.3. The number of esters is 1. The highest BCUT2D eigenvalue weighted by atomic mass is 35.5. The number of nitrogens with one attached hydrogen (secondary N) is 2. The van der Waals surface area contributed by atoms with Crippen LogP contribution >= 0.6 is 34.5 Å². The summed E-state index contributed by atoms with van der Waals surface area (Å²) in [7, 11) is 2.95. The van der Waals surface area contributed by atoms with Crippen molar-refractivity contribution in [1.29, 1.82) is 0 Å². The van der Waals surface area contributed by atoms with Gasteiger partial charge >= 0.3 is 5.97 Å². The summed E-state index contributed by atoms with van der Waals surface area (Å²) >= 11 is 13.1. The van der Waals surface area contributed by atoms with Crippen molar-refractivity contribution >= 4 is 51.5 Å². The van der Waals surface area contributed by atoms with E-state index in [2.05, 4.69) is 20.0 Å².